The van der Waals surface area contributed by atoms with E-state index in [1.165, 1.54) is 17.2 Å². The summed E-state index contributed by atoms with van der Waals surface area (Å²) in [4.78, 5) is 24.7. The second-order valence-electron chi connectivity index (χ2n) is 7.57. The Morgan fingerprint density at radius 2 is 1.62 bits per heavy atom. The molecule has 2 aromatic carbocycles. The second-order valence-corrected chi connectivity index (χ2v) is 7.57. The lowest BCUT2D eigenvalue weighted by Gasteiger charge is -2.20. The molecule has 0 heterocycles. The predicted octanol–water partition coefficient (Wildman–Crippen LogP) is 4.67. The van der Waals surface area contributed by atoms with E-state index in [0.717, 1.165) is 11.1 Å². The number of amides is 1. The first-order chi connectivity index (χ1) is 14.0. The quantitative estimate of drug-likeness (QED) is 0.523. The number of ether oxygens (including phenoxy) is 2. The van der Waals surface area contributed by atoms with Crippen molar-refractivity contribution in [2.75, 3.05) is 13.2 Å². The number of hydrogen-bond donors (Lipinski definition) is 1. The molecule has 0 spiro atoms. The number of carbonyl (C=O) groups is 2. The zero-order chi connectivity index (χ0) is 20.8. The van der Waals surface area contributed by atoms with Crippen LogP contribution in [-0.4, -0.2) is 31.3 Å². The third kappa shape index (κ3) is 4.86. The van der Waals surface area contributed by atoms with Crippen LogP contribution in [0.3, 0.4) is 0 Å². The number of alkyl carbamates (subject to hydrolysis) is 1. The van der Waals surface area contributed by atoms with Crippen molar-refractivity contribution < 1.29 is 19.1 Å². The Hall–Kier alpha value is -3.08. The highest BCUT2D eigenvalue weighted by Gasteiger charge is 2.30. The molecule has 5 heteroatoms. The lowest BCUT2D eigenvalue weighted by Crippen LogP contribution is -2.43. The summed E-state index contributed by atoms with van der Waals surface area (Å²) < 4.78 is 10.6. The molecule has 1 aliphatic carbocycles. The van der Waals surface area contributed by atoms with E-state index < -0.39 is 18.1 Å². The van der Waals surface area contributed by atoms with E-state index >= 15 is 0 Å². The summed E-state index contributed by atoms with van der Waals surface area (Å²) in [6.07, 6.45) is 1.35. The molecule has 3 rings (SSSR count). The molecular formula is C24H27NO4. The first-order valence-corrected chi connectivity index (χ1v) is 9.90. The maximum atomic E-state index is 12.4. The average molecular weight is 393 g/mol. The molecule has 2 aromatic rings. The van der Waals surface area contributed by atoms with Gasteiger partial charge in [-0.2, -0.15) is 0 Å². The van der Waals surface area contributed by atoms with Crippen LogP contribution in [0.15, 0.2) is 61.2 Å². The second kappa shape index (κ2) is 9.41. The molecule has 0 saturated carbocycles. The molecule has 0 bridgehead atoms. The van der Waals surface area contributed by atoms with Gasteiger partial charge in [-0.25, -0.2) is 9.59 Å². The van der Waals surface area contributed by atoms with Crippen LogP contribution in [-0.2, 0) is 14.3 Å². The predicted molar refractivity (Wildman–Crippen MR) is 113 cm³/mol. The van der Waals surface area contributed by atoms with Gasteiger partial charge in [-0.3, -0.25) is 0 Å². The SMILES string of the molecule is C=CCOC(=O)C(CC(C)C)NC(=O)OCC1c2ccccc2-c2ccccc21. The van der Waals surface area contributed by atoms with E-state index in [2.05, 4.69) is 36.2 Å². The molecule has 29 heavy (non-hydrogen) atoms. The monoisotopic (exact) mass is 393 g/mol. The van der Waals surface area contributed by atoms with Crippen molar-refractivity contribution >= 4 is 12.1 Å². The van der Waals surface area contributed by atoms with Gasteiger partial charge in [-0.15, -0.1) is 0 Å². The Kier molecular flexibility index (Phi) is 6.70. The van der Waals surface area contributed by atoms with Crippen LogP contribution >= 0.6 is 0 Å². The molecule has 5 nitrogen and oxygen atoms in total. The van der Waals surface area contributed by atoms with E-state index in [1.807, 2.05) is 38.1 Å². The average Bonchev–Trinajstić information content (AvgIpc) is 3.03. The summed E-state index contributed by atoms with van der Waals surface area (Å²) in [5.74, 6) is -0.290. The zero-order valence-electron chi connectivity index (χ0n) is 16.9. The number of carbonyl (C=O) groups excluding carboxylic acids is 2. The van der Waals surface area contributed by atoms with Gasteiger partial charge in [0.25, 0.3) is 0 Å². The van der Waals surface area contributed by atoms with Gasteiger partial charge in [0.2, 0.25) is 0 Å². The van der Waals surface area contributed by atoms with Gasteiger partial charge in [0.1, 0.15) is 19.3 Å². The van der Waals surface area contributed by atoms with Gasteiger partial charge in [0.05, 0.1) is 0 Å². The van der Waals surface area contributed by atoms with Crippen LogP contribution in [0.1, 0.15) is 37.3 Å². The maximum absolute atomic E-state index is 12.4. The van der Waals surface area contributed by atoms with Gasteiger partial charge in [0, 0.05) is 5.92 Å². The Bertz CT molecular complexity index is 844. The number of hydrogen-bond acceptors (Lipinski definition) is 4. The van der Waals surface area contributed by atoms with Gasteiger partial charge in [0.15, 0.2) is 0 Å². The molecular weight excluding hydrogens is 366 g/mol. The molecule has 0 aromatic heterocycles. The number of nitrogens with one attached hydrogen (secondary N) is 1. The standard InChI is InChI=1S/C24H27NO4/c1-4-13-28-23(26)22(14-16(2)3)25-24(27)29-15-21-19-11-7-5-9-17(19)18-10-6-8-12-20(18)21/h4-12,16,21-22H,1,13-15H2,2-3H3,(H,25,27). The largest absolute Gasteiger partial charge is 0.460 e. The molecule has 152 valence electrons. The molecule has 1 N–H and O–H groups in total. The number of rotatable bonds is 8. The molecule has 1 atom stereocenters. The van der Waals surface area contributed by atoms with Crippen LogP contribution in [0.4, 0.5) is 4.79 Å². The summed E-state index contributed by atoms with van der Waals surface area (Å²) in [7, 11) is 0. The molecule has 1 unspecified atom stereocenters. The minimum Gasteiger partial charge on any atom is -0.460 e. The van der Waals surface area contributed by atoms with Gasteiger partial charge >= 0.3 is 12.1 Å². The van der Waals surface area contributed by atoms with Crippen LogP contribution in [0.2, 0.25) is 0 Å². The third-order valence-corrected chi connectivity index (χ3v) is 4.97. The molecule has 0 fully saturated rings. The van der Waals surface area contributed by atoms with E-state index in [0.29, 0.717) is 6.42 Å². The highest BCUT2D eigenvalue weighted by molar-refractivity contribution is 5.82. The maximum Gasteiger partial charge on any atom is 0.407 e. The van der Waals surface area contributed by atoms with Gasteiger partial charge in [-0.05, 0) is 34.6 Å². The Morgan fingerprint density at radius 1 is 1.03 bits per heavy atom. The fraction of sp³-hybridized carbons (Fsp3) is 0.333. The fourth-order valence-corrected chi connectivity index (χ4v) is 3.71. The van der Waals surface area contributed by atoms with Crippen molar-refractivity contribution in [1.29, 1.82) is 0 Å². The summed E-state index contributed by atoms with van der Waals surface area (Å²) in [5.41, 5.74) is 4.63. The van der Waals surface area contributed by atoms with Gasteiger partial charge in [-0.1, -0.05) is 75.0 Å². The van der Waals surface area contributed by atoms with Crippen molar-refractivity contribution in [2.24, 2.45) is 5.92 Å². The molecule has 1 aliphatic rings. The van der Waals surface area contributed by atoms with Crippen LogP contribution in [0.25, 0.3) is 11.1 Å². The van der Waals surface area contributed by atoms with Crippen LogP contribution in [0.5, 0.6) is 0 Å². The van der Waals surface area contributed by atoms with E-state index in [4.69, 9.17) is 9.47 Å². The summed E-state index contributed by atoms with van der Waals surface area (Å²) in [6, 6.07) is 15.6. The van der Waals surface area contributed by atoms with Crippen molar-refractivity contribution in [3.63, 3.8) is 0 Å². The van der Waals surface area contributed by atoms with Crippen molar-refractivity contribution in [3.8, 4) is 11.1 Å². The molecule has 1 amide bonds. The van der Waals surface area contributed by atoms with E-state index in [9.17, 15) is 9.59 Å². The van der Waals surface area contributed by atoms with Crippen molar-refractivity contribution in [1.82, 2.24) is 5.32 Å². The minimum atomic E-state index is -0.745. The first kappa shape index (κ1) is 20.6. The summed E-state index contributed by atoms with van der Waals surface area (Å²) in [5, 5.41) is 2.66. The van der Waals surface area contributed by atoms with Crippen LogP contribution < -0.4 is 5.32 Å². The lowest BCUT2D eigenvalue weighted by molar-refractivity contribution is -0.145. The first-order valence-electron chi connectivity index (χ1n) is 9.90. The highest BCUT2D eigenvalue weighted by atomic mass is 16.6. The van der Waals surface area contributed by atoms with Gasteiger partial charge < -0.3 is 14.8 Å². The smallest absolute Gasteiger partial charge is 0.407 e. The van der Waals surface area contributed by atoms with Crippen molar-refractivity contribution in [3.05, 3.63) is 72.3 Å². The number of benzene rings is 2. The molecule has 0 aliphatic heterocycles. The highest BCUT2D eigenvalue weighted by Crippen LogP contribution is 2.44. The topological polar surface area (TPSA) is 64.6 Å². The fourth-order valence-electron chi connectivity index (χ4n) is 3.71. The van der Waals surface area contributed by atoms with E-state index in [1.54, 1.807) is 0 Å². The molecule has 0 saturated heterocycles. The van der Waals surface area contributed by atoms with Crippen LogP contribution in [0, 0.1) is 5.92 Å². The normalized spacial score (nSPS) is 13.3. The third-order valence-electron chi connectivity index (χ3n) is 4.97. The van der Waals surface area contributed by atoms with E-state index in [-0.39, 0.29) is 25.0 Å². The summed E-state index contributed by atoms with van der Waals surface area (Å²) in [6.45, 7) is 7.81. The number of fused-ring (bicyclic) bond motifs is 3. The Labute approximate surface area is 171 Å². The van der Waals surface area contributed by atoms with Crippen molar-refractivity contribution in [2.45, 2.75) is 32.2 Å². The summed E-state index contributed by atoms with van der Waals surface area (Å²) >= 11 is 0. The zero-order valence-corrected chi connectivity index (χ0v) is 16.9. The molecule has 0 radical (unpaired) electrons. The number of esters is 1. The Morgan fingerprint density at radius 3 is 2.17 bits per heavy atom. The Balaban J connectivity index is 1.66. The minimum absolute atomic E-state index is 0.0237. The lowest BCUT2D eigenvalue weighted by atomic mass is 9.98.